The van der Waals surface area contributed by atoms with Crippen molar-refractivity contribution in [3.63, 3.8) is 0 Å². The maximum atomic E-state index is 11.9. The van der Waals surface area contributed by atoms with Crippen LogP contribution in [0.15, 0.2) is 6.20 Å². The molecule has 1 aromatic heterocycles. The summed E-state index contributed by atoms with van der Waals surface area (Å²) < 4.78 is 36.3. The number of aromatic nitrogens is 2. The maximum absolute atomic E-state index is 11.9. The minimum Gasteiger partial charge on any atom is -0.296 e. The summed E-state index contributed by atoms with van der Waals surface area (Å²) in [6.45, 7) is 0.304. The van der Waals surface area contributed by atoms with Gasteiger partial charge in [0.05, 0.1) is 6.20 Å². The highest BCUT2D eigenvalue weighted by Gasteiger charge is 2.29. The SMILES string of the molecule is Cc1cnn(CC(F)(F)F)c1C=O. The molecule has 0 unspecified atom stereocenters. The Bertz CT molecular complexity index is 316. The first-order valence-corrected chi connectivity index (χ1v) is 3.48. The van der Waals surface area contributed by atoms with E-state index in [1.165, 1.54) is 13.1 Å². The van der Waals surface area contributed by atoms with Crippen LogP contribution in [0.5, 0.6) is 0 Å². The molecule has 0 spiro atoms. The van der Waals surface area contributed by atoms with E-state index in [0.29, 0.717) is 16.5 Å². The van der Waals surface area contributed by atoms with Crippen LogP contribution in [0.3, 0.4) is 0 Å². The maximum Gasteiger partial charge on any atom is 0.408 e. The Morgan fingerprint density at radius 1 is 1.62 bits per heavy atom. The van der Waals surface area contributed by atoms with E-state index >= 15 is 0 Å². The fourth-order valence-electron chi connectivity index (χ4n) is 0.938. The van der Waals surface area contributed by atoms with Gasteiger partial charge < -0.3 is 0 Å². The van der Waals surface area contributed by atoms with E-state index in [1.54, 1.807) is 0 Å². The van der Waals surface area contributed by atoms with Gasteiger partial charge in [0, 0.05) is 0 Å². The van der Waals surface area contributed by atoms with Crippen molar-refractivity contribution in [3.05, 3.63) is 17.5 Å². The van der Waals surface area contributed by atoms with Crippen molar-refractivity contribution in [2.75, 3.05) is 0 Å². The van der Waals surface area contributed by atoms with Crippen molar-refractivity contribution >= 4 is 6.29 Å². The topological polar surface area (TPSA) is 34.9 Å². The largest absolute Gasteiger partial charge is 0.408 e. The molecule has 13 heavy (non-hydrogen) atoms. The normalized spacial score (nSPS) is 11.7. The number of alkyl halides is 3. The molecule has 1 rings (SSSR count). The number of aldehydes is 1. The van der Waals surface area contributed by atoms with E-state index in [0.717, 1.165) is 0 Å². The molecule has 0 radical (unpaired) electrons. The Balaban J connectivity index is 2.95. The van der Waals surface area contributed by atoms with Crippen LogP contribution in [0.1, 0.15) is 16.1 Å². The minimum absolute atomic E-state index is 0.0303. The molecule has 0 saturated carbocycles. The van der Waals surface area contributed by atoms with Crippen LogP contribution in [0, 0.1) is 6.92 Å². The van der Waals surface area contributed by atoms with Gasteiger partial charge in [-0.15, -0.1) is 0 Å². The zero-order chi connectivity index (χ0) is 10.1. The highest BCUT2D eigenvalue weighted by Crippen LogP contribution is 2.18. The molecule has 0 fully saturated rings. The second kappa shape index (κ2) is 3.20. The van der Waals surface area contributed by atoms with Gasteiger partial charge in [-0.1, -0.05) is 0 Å². The van der Waals surface area contributed by atoms with Gasteiger partial charge in [-0.05, 0) is 12.5 Å². The van der Waals surface area contributed by atoms with E-state index in [1.807, 2.05) is 0 Å². The van der Waals surface area contributed by atoms with E-state index in [4.69, 9.17) is 0 Å². The predicted molar refractivity (Wildman–Crippen MR) is 38.4 cm³/mol. The Morgan fingerprint density at radius 2 is 2.23 bits per heavy atom. The van der Waals surface area contributed by atoms with Gasteiger partial charge in [0.2, 0.25) is 0 Å². The summed E-state index contributed by atoms with van der Waals surface area (Å²) >= 11 is 0. The van der Waals surface area contributed by atoms with Crippen LogP contribution in [0.4, 0.5) is 13.2 Å². The van der Waals surface area contributed by atoms with Gasteiger partial charge in [-0.3, -0.25) is 9.48 Å². The monoisotopic (exact) mass is 192 g/mol. The average molecular weight is 192 g/mol. The van der Waals surface area contributed by atoms with Crippen molar-refractivity contribution in [3.8, 4) is 0 Å². The van der Waals surface area contributed by atoms with Crippen molar-refractivity contribution < 1.29 is 18.0 Å². The van der Waals surface area contributed by atoms with Gasteiger partial charge in [-0.2, -0.15) is 18.3 Å². The second-order valence-electron chi connectivity index (χ2n) is 2.60. The summed E-state index contributed by atoms with van der Waals surface area (Å²) in [5.74, 6) is 0. The molecule has 0 aromatic carbocycles. The van der Waals surface area contributed by atoms with Gasteiger partial charge >= 0.3 is 6.18 Å². The predicted octanol–water partition coefficient (Wildman–Crippen LogP) is 1.57. The molecule has 6 heteroatoms. The Kier molecular flexibility index (Phi) is 2.40. The van der Waals surface area contributed by atoms with Crippen LogP contribution < -0.4 is 0 Å². The van der Waals surface area contributed by atoms with E-state index in [9.17, 15) is 18.0 Å². The molecule has 3 nitrogen and oxygen atoms in total. The number of nitrogens with zero attached hydrogens (tertiary/aromatic N) is 2. The third-order valence-corrected chi connectivity index (χ3v) is 1.51. The summed E-state index contributed by atoms with van der Waals surface area (Å²) in [6.07, 6.45) is -2.75. The fraction of sp³-hybridized carbons (Fsp3) is 0.429. The van der Waals surface area contributed by atoms with Gasteiger partial charge in [-0.25, -0.2) is 0 Å². The van der Waals surface area contributed by atoms with Crippen LogP contribution in [-0.4, -0.2) is 22.2 Å². The van der Waals surface area contributed by atoms with Gasteiger partial charge in [0.25, 0.3) is 0 Å². The quantitative estimate of drug-likeness (QED) is 0.666. The molecule has 1 heterocycles. The van der Waals surface area contributed by atoms with Crippen LogP contribution in [0.25, 0.3) is 0 Å². The molecule has 1 aromatic rings. The number of carbonyl (C=O) groups excluding carboxylic acids is 1. The number of halogens is 3. The molecule has 0 bridgehead atoms. The highest BCUT2D eigenvalue weighted by atomic mass is 19.4. The lowest BCUT2D eigenvalue weighted by molar-refractivity contribution is -0.142. The first kappa shape index (κ1) is 9.76. The lowest BCUT2D eigenvalue weighted by Crippen LogP contribution is -2.20. The fourth-order valence-corrected chi connectivity index (χ4v) is 0.938. The molecule has 0 aliphatic heterocycles. The minimum atomic E-state index is -4.35. The average Bonchev–Trinajstić information content (AvgIpc) is 2.28. The molecular formula is C7H7F3N2O. The summed E-state index contributed by atoms with van der Waals surface area (Å²) in [5.41, 5.74) is 0.413. The lowest BCUT2D eigenvalue weighted by atomic mass is 10.3. The Morgan fingerprint density at radius 3 is 2.69 bits per heavy atom. The third-order valence-electron chi connectivity index (χ3n) is 1.51. The first-order chi connectivity index (χ1) is 5.94. The smallest absolute Gasteiger partial charge is 0.296 e. The van der Waals surface area contributed by atoms with Gasteiger partial charge in [0.1, 0.15) is 12.2 Å². The zero-order valence-corrected chi connectivity index (χ0v) is 6.80. The summed E-state index contributed by atoms with van der Waals surface area (Å²) in [5, 5.41) is 3.44. The van der Waals surface area contributed by atoms with E-state index in [2.05, 4.69) is 5.10 Å². The molecule has 0 atom stereocenters. The Hall–Kier alpha value is -1.33. The summed E-state index contributed by atoms with van der Waals surface area (Å²) in [4.78, 5) is 10.4. The van der Waals surface area contributed by atoms with E-state index < -0.39 is 12.7 Å². The number of rotatable bonds is 2. The van der Waals surface area contributed by atoms with Crippen LogP contribution in [-0.2, 0) is 6.54 Å². The highest BCUT2D eigenvalue weighted by molar-refractivity contribution is 5.74. The van der Waals surface area contributed by atoms with Crippen LogP contribution >= 0.6 is 0 Å². The van der Waals surface area contributed by atoms with Crippen molar-refractivity contribution in [1.82, 2.24) is 9.78 Å². The molecule has 0 aliphatic carbocycles. The molecule has 72 valence electrons. The molecule has 0 aliphatic rings. The summed E-state index contributed by atoms with van der Waals surface area (Å²) in [6, 6.07) is 0. The number of carbonyl (C=O) groups is 1. The van der Waals surface area contributed by atoms with Crippen molar-refractivity contribution in [2.24, 2.45) is 0 Å². The van der Waals surface area contributed by atoms with Crippen LogP contribution in [0.2, 0.25) is 0 Å². The van der Waals surface area contributed by atoms with Crippen molar-refractivity contribution in [1.29, 1.82) is 0 Å². The molecule has 0 saturated heterocycles. The summed E-state index contributed by atoms with van der Waals surface area (Å²) in [7, 11) is 0. The lowest BCUT2D eigenvalue weighted by Gasteiger charge is -2.07. The molecule has 0 amide bonds. The molecular weight excluding hydrogens is 185 g/mol. The van der Waals surface area contributed by atoms with Crippen molar-refractivity contribution in [2.45, 2.75) is 19.6 Å². The standard InChI is InChI=1S/C7H7F3N2O/c1-5-2-11-12(6(5)3-13)4-7(8,9)10/h2-3H,4H2,1H3. The Labute approximate surface area is 72.2 Å². The zero-order valence-electron chi connectivity index (χ0n) is 6.80. The molecule has 0 N–H and O–H groups in total. The number of aryl methyl sites for hydroxylation is 1. The second-order valence-corrected chi connectivity index (χ2v) is 2.60. The number of hydrogen-bond acceptors (Lipinski definition) is 2. The van der Waals surface area contributed by atoms with E-state index in [-0.39, 0.29) is 5.69 Å². The van der Waals surface area contributed by atoms with Gasteiger partial charge in [0.15, 0.2) is 6.29 Å². The first-order valence-electron chi connectivity index (χ1n) is 3.48. The number of hydrogen-bond donors (Lipinski definition) is 0. The third kappa shape index (κ3) is 2.30.